The SMILES string of the molecule is CCC(N)C(=O)NCC1(C)CCC1. The van der Waals surface area contributed by atoms with Crippen molar-refractivity contribution in [3.8, 4) is 0 Å². The summed E-state index contributed by atoms with van der Waals surface area (Å²) in [4.78, 5) is 11.3. The molecule has 1 aliphatic rings. The van der Waals surface area contributed by atoms with Crippen molar-refractivity contribution in [2.75, 3.05) is 6.54 Å². The summed E-state index contributed by atoms with van der Waals surface area (Å²) in [7, 11) is 0. The van der Waals surface area contributed by atoms with Gasteiger partial charge in [-0.25, -0.2) is 0 Å². The highest BCUT2D eigenvalue weighted by atomic mass is 16.2. The molecular formula is C10H20N2O. The normalized spacial score (nSPS) is 21.8. The van der Waals surface area contributed by atoms with Gasteiger partial charge in [0.15, 0.2) is 0 Å². The molecular weight excluding hydrogens is 164 g/mol. The predicted octanol–water partition coefficient (Wildman–Crippen LogP) is 1.03. The van der Waals surface area contributed by atoms with Gasteiger partial charge in [0, 0.05) is 6.54 Å². The Balaban J connectivity index is 2.21. The Morgan fingerprint density at radius 2 is 2.23 bits per heavy atom. The molecule has 1 saturated carbocycles. The van der Waals surface area contributed by atoms with Crippen molar-refractivity contribution >= 4 is 5.91 Å². The minimum Gasteiger partial charge on any atom is -0.354 e. The van der Waals surface area contributed by atoms with Crippen LogP contribution in [0, 0.1) is 5.41 Å². The number of carbonyl (C=O) groups excluding carboxylic acids is 1. The third-order valence-corrected chi connectivity index (χ3v) is 3.03. The highest BCUT2D eigenvalue weighted by molar-refractivity contribution is 5.81. The lowest BCUT2D eigenvalue weighted by atomic mass is 9.70. The molecule has 1 unspecified atom stereocenters. The molecule has 13 heavy (non-hydrogen) atoms. The second kappa shape index (κ2) is 4.09. The van der Waals surface area contributed by atoms with Crippen LogP contribution in [0.25, 0.3) is 0 Å². The van der Waals surface area contributed by atoms with Gasteiger partial charge in [0.1, 0.15) is 0 Å². The largest absolute Gasteiger partial charge is 0.354 e. The van der Waals surface area contributed by atoms with Crippen molar-refractivity contribution in [1.82, 2.24) is 5.32 Å². The molecule has 1 rings (SSSR count). The topological polar surface area (TPSA) is 55.1 Å². The van der Waals surface area contributed by atoms with Crippen LogP contribution in [-0.4, -0.2) is 18.5 Å². The summed E-state index contributed by atoms with van der Waals surface area (Å²) >= 11 is 0. The summed E-state index contributed by atoms with van der Waals surface area (Å²) in [6, 6.07) is -0.330. The molecule has 0 aromatic carbocycles. The lowest BCUT2D eigenvalue weighted by Gasteiger charge is -2.38. The maximum Gasteiger partial charge on any atom is 0.236 e. The number of nitrogens with one attached hydrogen (secondary N) is 1. The first-order valence-corrected chi connectivity index (χ1v) is 5.11. The van der Waals surface area contributed by atoms with Crippen LogP contribution in [0.4, 0.5) is 0 Å². The van der Waals surface area contributed by atoms with Crippen molar-refractivity contribution in [1.29, 1.82) is 0 Å². The van der Waals surface area contributed by atoms with E-state index in [1.807, 2.05) is 6.92 Å². The highest BCUT2D eigenvalue weighted by Gasteiger charge is 2.32. The average molecular weight is 184 g/mol. The van der Waals surface area contributed by atoms with E-state index in [1.54, 1.807) is 0 Å². The third kappa shape index (κ3) is 2.69. The predicted molar refractivity (Wildman–Crippen MR) is 53.2 cm³/mol. The standard InChI is InChI=1S/C10H20N2O/c1-3-8(11)9(13)12-7-10(2)5-4-6-10/h8H,3-7,11H2,1-2H3,(H,12,13). The van der Waals surface area contributed by atoms with Gasteiger partial charge >= 0.3 is 0 Å². The molecule has 0 saturated heterocycles. The molecule has 0 aliphatic heterocycles. The quantitative estimate of drug-likeness (QED) is 0.685. The van der Waals surface area contributed by atoms with E-state index in [4.69, 9.17) is 5.73 Å². The highest BCUT2D eigenvalue weighted by Crippen LogP contribution is 2.39. The van der Waals surface area contributed by atoms with E-state index in [0.717, 1.165) is 6.54 Å². The fourth-order valence-corrected chi connectivity index (χ4v) is 1.57. The molecule has 0 spiro atoms. The fourth-order valence-electron chi connectivity index (χ4n) is 1.57. The van der Waals surface area contributed by atoms with Gasteiger partial charge in [0.25, 0.3) is 0 Å². The van der Waals surface area contributed by atoms with Crippen LogP contribution < -0.4 is 11.1 Å². The first-order chi connectivity index (χ1) is 6.07. The molecule has 1 fully saturated rings. The van der Waals surface area contributed by atoms with Crippen LogP contribution in [0.3, 0.4) is 0 Å². The van der Waals surface area contributed by atoms with Crippen molar-refractivity contribution < 1.29 is 4.79 Å². The van der Waals surface area contributed by atoms with E-state index in [1.165, 1.54) is 19.3 Å². The molecule has 1 amide bonds. The number of hydrogen-bond acceptors (Lipinski definition) is 2. The Morgan fingerprint density at radius 1 is 1.62 bits per heavy atom. The van der Waals surface area contributed by atoms with E-state index < -0.39 is 0 Å². The molecule has 0 bridgehead atoms. The fraction of sp³-hybridized carbons (Fsp3) is 0.900. The molecule has 1 atom stereocenters. The van der Waals surface area contributed by atoms with Crippen molar-refractivity contribution in [3.05, 3.63) is 0 Å². The molecule has 0 heterocycles. The molecule has 3 nitrogen and oxygen atoms in total. The molecule has 3 heteroatoms. The van der Waals surface area contributed by atoms with Crippen LogP contribution in [0.15, 0.2) is 0 Å². The number of nitrogens with two attached hydrogens (primary N) is 1. The molecule has 0 aromatic rings. The second-order valence-electron chi connectivity index (χ2n) is 4.40. The Labute approximate surface area is 80.1 Å². The molecule has 3 N–H and O–H groups in total. The average Bonchev–Trinajstić information content (AvgIpc) is 2.09. The van der Waals surface area contributed by atoms with E-state index >= 15 is 0 Å². The summed E-state index contributed by atoms with van der Waals surface area (Å²) in [6.07, 6.45) is 4.47. The van der Waals surface area contributed by atoms with Gasteiger partial charge in [-0.3, -0.25) is 4.79 Å². The van der Waals surface area contributed by atoms with Crippen LogP contribution in [-0.2, 0) is 4.79 Å². The summed E-state index contributed by atoms with van der Waals surface area (Å²) < 4.78 is 0. The Hall–Kier alpha value is -0.570. The van der Waals surface area contributed by atoms with Crippen molar-refractivity contribution in [3.63, 3.8) is 0 Å². The lowest BCUT2D eigenvalue weighted by Crippen LogP contribution is -2.46. The summed E-state index contributed by atoms with van der Waals surface area (Å²) in [5.74, 6) is -0.00405. The Morgan fingerprint density at radius 3 is 2.62 bits per heavy atom. The van der Waals surface area contributed by atoms with Gasteiger partial charge in [0.2, 0.25) is 5.91 Å². The van der Waals surface area contributed by atoms with Crippen molar-refractivity contribution in [2.24, 2.45) is 11.1 Å². The van der Waals surface area contributed by atoms with Crippen LogP contribution in [0.5, 0.6) is 0 Å². The smallest absolute Gasteiger partial charge is 0.236 e. The zero-order chi connectivity index (χ0) is 9.90. The van der Waals surface area contributed by atoms with E-state index in [9.17, 15) is 4.79 Å². The first-order valence-electron chi connectivity index (χ1n) is 5.11. The minimum atomic E-state index is -0.330. The summed E-state index contributed by atoms with van der Waals surface area (Å²) in [6.45, 7) is 4.93. The molecule has 0 radical (unpaired) electrons. The van der Waals surface area contributed by atoms with E-state index in [-0.39, 0.29) is 11.9 Å². The zero-order valence-corrected chi connectivity index (χ0v) is 8.60. The van der Waals surface area contributed by atoms with Gasteiger partial charge < -0.3 is 11.1 Å². The first kappa shape index (κ1) is 10.5. The van der Waals surface area contributed by atoms with E-state index in [2.05, 4.69) is 12.2 Å². The monoisotopic (exact) mass is 184 g/mol. The summed E-state index contributed by atoms with van der Waals surface area (Å²) in [5.41, 5.74) is 5.94. The number of hydrogen-bond donors (Lipinski definition) is 2. The van der Waals surface area contributed by atoms with Gasteiger partial charge in [-0.05, 0) is 24.7 Å². The van der Waals surface area contributed by atoms with Crippen molar-refractivity contribution in [2.45, 2.75) is 45.6 Å². The van der Waals surface area contributed by atoms with Crippen LogP contribution >= 0.6 is 0 Å². The Bertz CT molecular complexity index is 187. The van der Waals surface area contributed by atoms with E-state index in [0.29, 0.717) is 11.8 Å². The maximum absolute atomic E-state index is 11.3. The number of amides is 1. The lowest BCUT2D eigenvalue weighted by molar-refractivity contribution is -0.123. The number of carbonyl (C=O) groups is 1. The van der Waals surface area contributed by atoms with Gasteiger partial charge in [-0.15, -0.1) is 0 Å². The maximum atomic E-state index is 11.3. The molecule has 0 aromatic heterocycles. The zero-order valence-electron chi connectivity index (χ0n) is 8.60. The summed E-state index contributed by atoms with van der Waals surface area (Å²) in [5, 5.41) is 2.91. The number of rotatable bonds is 4. The second-order valence-corrected chi connectivity index (χ2v) is 4.40. The van der Waals surface area contributed by atoms with Crippen LogP contribution in [0.2, 0.25) is 0 Å². The van der Waals surface area contributed by atoms with Gasteiger partial charge in [-0.2, -0.15) is 0 Å². The molecule has 76 valence electrons. The minimum absolute atomic E-state index is 0.00405. The van der Waals surface area contributed by atoms with Crippen LogP contribution in [0.1, 0.15) is 39.5 Å². The van der Waals surface area contributed by atoms with Gasteiger partial charge in [-0.1, -0.05) is 20.3 Å². The third-order valence-electron chi connectivity index (χ3n) is 3.03. The molecule has 1 aliphatic carbocycles. The van der Waals surface area contributed by atoms with Gasteiger partial charge in [0.05, 0.1) is 6.04 Å². The Kier molecular flexibility index (Phi) is 3.31.